The number of nitrogens with one attached hydrogen (secondary N) is 1. The van der Waals surface area contributed by atoms with Crippen LogP contribution in [-0.2, 0) is 26.1 Å². The minimum Gasteiger partial charge on any atom is -0.317 e. The van der Waals surface area contributed by atoms with Gasteiger partial charge in [-0.05, 0) is 69.4 Å². The Hall–Kier alpha value is -0.670. The van der Waals surface area contributed by atoms with Crippen LogP contribution in [0.3, 0.4) is 0 Å². The summed E-state index contributed by atoms with van der Waals surface area (Å²) in [5.74, 6) is 0.135. The lowest BCUT2D eigenvalue weighted by molar-refractivity contribution is 0.138. The lowest BCUT2D eigenvalue weighted by Crippen LogP contribution is -2.52. The number of likely N-dealkylation sites (N-methyl/N-ethyl adjacent to an activating group) is 1. The van der Waals surface area contributed by atoms with Crippen molar-refractivity contribution in [1.82, 2.24) is 10.2 Å². The van der Waals surface area contributed by atoms with Gasteiger partial charge in [-0.1, -0.05) is 19.1 Å². The van der Waals surface area contributed by atoms with E-state index in [4.69, 9.17) is 0 Å². The van der Waals surface area contributed by atoms with Gasteiger partial charge in [0.05, 0.1) is 4.90 Å². The molecular weight excluding hydrogens is 420 g/mol. The van der Waals surface area contributed by atoms with E-state index in [9.17, 15) is 16.8 Å². The first-order chi connectivity index (χ1) is 12.5. The van der Waals surface area contributed by atoms with E-state index in [0.29, 0.717) is 17.9 Å². The van der Waals surface area contributed by atoms with E-state index < -0.39 is 25.0 Å². The first-order valence-corrected chi connectivity index (χ1v) is 13.3. The molecule has 1 aromatic carbocycles. The number of piperidine rings is 1. The number of halogens is 1. The van der Waals surface area contributed by atoms with Gasteiger partial charge in [0.2, 0.25) is 0 Å². The molecule has 1 aliphatic rings. The molecule has 162 valence electrons. The third kappa shape index (κ3) is 6.69. The molecule has 1 aliphatic heterocycles. The molecule has 2 rings (SSSR count). The van der Waals surface area contributed by atoms with Crippen LogP contribution in [0.2, 0.25) is 0 Å². The van der Waals surface area contributed by atoms with E-state index in [1.807, 2.05) is 26.0 Å². The summed E-state index contributed by atoms with van der Waals surface area (Å²) in [5.41, 5.74) is 1.01. The molecule has 1 N–H and O–H groups in total. The van der Waals surface area contributed by atoms with Crippen molar-refractivity contribution in [2.45, 2.75) is 49.4 Å². The van der Waals surface area contributed by atoms with Gasteiger partial charge in [0.15, 0.2) is 19.7 Å². The summed E-state index contributed by atoms with van der Waals surface area (Å²) in [4.78, 5) is 2.39. The maximum Gasteiger partial charge on any atom is 0.175 e. The fourth-order valence-electron chi connectivity index (χ4n) is 4.07. The van der Waals surface area contributed by atoms with Crippen LogP contribution in [-0.4, -0.2) is 65.3 Å². The van der Waals surface area contributed by atoms with Crippen molar-refractivity contribution in [3.63, 3.8) is 0 Å². The fourth-order valence-corrected chi connectivity index (χ4v) is 6.52. The number of benzene rings is 1. The Balaban J connectivity index is 0.00000392. The average Bonchev–Trinajstić information content (AvgIpc) is 2.58. The van der Waals surface area contributed by atoms with Gasteiger partial charge < -0.3 is 5.32 Å². The highest BCUT2D eigenvalue weighted by Gasteiger charge is 2.37. The van der Waals surface area contributed by atoms with Crippen molar-refractivity contribution < 1.29 is 16.8 Å². The second kappa shape index (κ2) is 10.4. The van der Waals surface area contributed by atoms with Crippen molar-refractivity contribution in [3.05, 3.63) is 29.8 Å². The lowest BCUT2D eigenvalue weighted by Gasteiger charge is -2.40. The van der Waals surface area contributed by atoms with Gasteiger partial charge in [0, 0.05) is 18.6 Å². The minimum atomic E-state index is -3.22. The molecule has 1 heterocycles. The Morgan fingerprint density at radius 2 is 1.61 bits per heavy atom. The summed E-state index contributed by atoms with van der Waals surface area (Å²) in [6.45, 7) is 6.42. The topological polar surface area (TPSA) is 83.6 Å². The van der Waals surface area contributed by atoms with Crippen molar-refractivity contribution in [2.75, 3.05) is 32.1 Å². The number of hydrogen-bond donors (Lipinski definition) is 1. The van der Waals surface area contributed by atoms with Crippen molar-refractivity contribution in [1.29, 1.82) is 0 Å². The Kier molecular flexibility index (Phi) is 9.41. The summed E-state index contributed by atoms with van der Waals surface area (Å²) in [7, 11) is -6.43. The van der Waals surface area contributed by atoms with Crippen LogP contribution in [0.15, 0.2) is 29.2 Å². The highest BCUT2D eigenvalue weighted by molar-refractivity contribution is 7.91. The molecular formula is C19H33ClN2O4S2. The van der Waals surface area contributed by atoms with Crippen LogP contribution in [0.5, 0.6) is 0 Å². The predicted molar refractivity (Wildman–Crippen MR) is 117 cm³/mol. The molecule has 0 radical (unpaired) electrons. The highest BCUT2D eigenvalue weighted by atomic mass is 35.5. The third-order valence-electron chi connectivity index (χ3n) is 5.37. The highest BCUT2D eigenvalue weighted by Crippen LogP contribution is 2.27. The van der Waals surface area contributed by atoms with Crippen molar-refractivity contribution >= 4 is 32.1 Å². The molecule has 0 bridgehead atoms. The molecule has 6 nitrogen and oxygen atoms in total. The van der Waals surface area contributed by atoms with E-state index >= 15 is 0 Å². The molecule has 1 fully saturated rings. The van der Waals surface area contributed by atoms with Gasteiger partial charge in [-0.3, -0.25) is 4.90 Å². The summed E-state index contributed by atoms with van der Waals surface area (Å²) >= 11 is 0. The van der Waals surface area contributed by atoms with Gasteiger partial charge in [0.1, 0.15) is 5.37 Å². The lowest BCUT2D eigenvalue weighted by atomic mass is 9.95. The van der Waals surface area contributed by atoms with E-state index in [0.717, 1.165) is 31.5 Å². The number of rotatable bonds is 8. The first kappa shape index (κ1) is 25.4. The number of nitrogens with zero attached hydrogens (tertiary/aromatic N) is 1. The molecule has 0 aromatic heterocycles. The molecule has 1 saturated heterocycles. The van der Waals surface area contributed by atoms with Crippen LogP contribution < -0.4 is 5.32 Å². The molecule has 0 saturated carbocycles. The first-order valence-electron chi connectivity index (χ1n) is 9.48. The summed E-state index contributed by atoms with van der Waals surface area (Å²) in [5, 5.41) is 2.83. The molecule has 0 aliphatic carbocycles. The van der Waals surface area contributed by atoms with Gasteiger partial charge in [-0.15, -0.1) is 12.4 Å². The minimum absolute atomic E-state index is 0. The normalized spacial score (nSPS) is 18.5. The molecule has 28 heavy (non-hydrogen) atoms. The van der Waals surface area contributed by atoms with Gasteiger partial charge >= 0.3 is 0 Å². The Morgan fingerprint density at radius 3 is 2.04 bits per heavy atom. The Labute approximate surface area is 176 Å². The average molecular weight is 453 g/mol. The maximum absolute atomic E-state index is 12.6. The zero-order chi connectivity index (χ0) is 20.2. The largest absolute Gasteiger partial charge is 0.317 e. The second-order valence-corrected chi connectivity index (χ2v) is 11.8. The van der Waals surface area contributed by atoms with Gasteiger partial charge in [-0.25, -0.2) is 16.8 Å². The van der Waals surface area contributed by atoms with Crippen molar-refractivity contribution in [2.24, 2.45) is 5.92 Å². The van der Waals surface area contributed by atoms with Crippen LogP contribution in [0.1, 0.15) is 32.3 Å². The molecule has 9 heteroatoms. The number of hydrogen-bond acceptors (Lipinski definition) is 6. The van der Waals surface area contributed by atoms with Crippen LogP contribution in [0.25, 0.3) is 0 Å². The zero-order valence-corrected chi connectivity index (χ0v) is 19.5. The third-order valence-corrected chi connectivity index (χ3v) is 8.03. The van der Waals surface area contributed by atoms with E-state index in [-0.39, 0.29) is 24.4 Å². The zero-order valence-electron chi connectivity index (χ0n) is 17.1. The summed E-state index contributed by atoms with van der Waals surface area (Å²) < 4.78 is 48.5. The molecule has 0 spiro atoms. The molecule has 2 atom stereocenters. The summed E-state index contributed by atoms with van der Waals surface area (Å²) in [6.07, 6.45) is 4.94. The fraction of sp³-hybridized carbons (Fsp3) is 0.684. The second-order valence-electron chi connectivity index (χ2n) is 7.61. The van der Waals surface area contributed by atoms with Crippen LogP contribution in [0.4, 0.5) is 0 Å². The van der Waals surface area contributed by atoms with Crippen molar-refractivity contribution in [3.8, 4) is 0 Å². The van der Waals surface area contributed by atoms with Gasteiger partial charge in [-0.2, -0.15) is 0 Å². The smallest absolute Gasteiger partial charge is 0.175 e. The van der Waals surface area contributed by atoms with Crippen LogP contribution in [0, 0.1) is 5.92 Å². The molecule has 1 aromatic rings. The van der Waals surface area contributed by atoms with E-state index in [2.05, 4.69) is 10.2 Å². The standard InChI is InChI=1S/C19H32N2O4S2.ClH/c1-5-21(19(27(4,24)25)17-10-12-20-13-11-17)15(2)14-16-6-8-18(9-7-16)26(3,22)23;/h6-9,15,17,19-20H,5,10-14H2,1-4H3;1H. The Bertz CT molecular complexity index is 820. The van der Waals surface area contributed by atoms with Crippen LogP contribution >= 0.6 is 12.4 Å². The quantitative estimate of drug-likeness (QED) is 0.650. The maximum atomic E-state index is 12.6. The Morgan fingerprint density at radius 1 is 1.07 bits per heavy atom. The van der Waals surface area contributed by atoms with Gasteiger partial charge in [0.25, 0.3) is 0 Å². The molecule has 2 unspecified atom stereocenters. The number of sulfone groups is 2. The summed E-state index contributed by atoms with van der Waals surface area (Å²) in [6, 6.07) is 6.92. The van der Waals surface area contributed by atoms with E-state index in [1.54, 1.807) is 12.1 Å². The monoisotopic (exact) mass is 452 g/mol. The SMILES string of the molecule is CCN(C(C)Cc1ccc(S(C)(=O)=O)cc1)C(C1CCNCC1)S(C)(=O)=O.Cl. The van der Waals surface area contributed by atoms with E-state index in [1.165, 1.54) is 12.5 Å². The molecule has 0 amide bonds. The predicted octanol–water partition coefficient (Wildman–Crippen LogP) is 2.14.